The summed E-state index contributed by atoms with van der Waals surface area (Å²) in [7, 11) is 0. The molecule has 1 aromatic rings. The average molecular weight is 259 g/mol. The van der Waals surface area contributed by atoms with E-state index in [1.807, 2.05) is 26.0 Å². The molecular weight excluding hydrogens is 244 g/mol. The molecule has 0 amide bonds. The summed E-state index contributed by atoms with van der Waals surface area (Å²) in [6.07, 6.45) is 2.56. The number of hydrogen-bond donors (Lipinski definition) is 2. The molecule has 0 aliphatic heterocycles. The molecule has 0 fully saturated rings. The van der Waals surface area contributed by atoms with Crippen LogP contribution >= 0.6 is 15.9 Å². The Morgan fingerprint density at radius 3 is 2.86 bits per heavy atom. The first-order valence-electron chi connectivity index (χ1n) is 4.61. The molecule has 0 radical (unpaired) electrons. The molecule has 1 rings (SSSR count). The second kappa shape index (κ2) is 4.75. The number of pyridine rings is 1. The van der Waals surface area contributed by atoms with Gasteiger partial charge in [-0.25, -0.2) is 4.98 Å². The van der Waals surface area contributed by atoms with Crippen LogP contribution in [0.4, 0.5) is 5.82 Å². The lowest BCUT2D eigenvalue weighted by molar-refractivity contribution is 0.218. The third-order valence-electron chi connectivity index (χ3n) is 2.31. The maximum atomic E-state index is 9.23. The molecule has 2 N–H and O–H groups in total. The van der Waals surface area contributed by atoms with Gasteiger partial charge < -0.3 is 10.4 Å². The van der Waals surface area contributed by atoms with Gasteiger partial charge in [0.1, 0.15) is 5.82 Å². The van der Waals surface area contributed by atoms with Gasteiger partial charge in [-0.2, -0.15) is 0 Å². The SMILES string of the molecule is CCC(C)(CO)Nc1ncccc1Br. The zero-order valence-corrected chi connectivity index (χ0v) is 10.0. The van der Waals surface area contributed by atoms with Crippen molar-refractivity contribution >= 4 is 21.7 Å². The van der Waals surface area contributed by atoms with Crippen molar-refractivity contribution in [3.05, 3.63) is 22.8 Å². The zero-order valence-electron chi connectivity index (χ0n) is 8.42. The standard InChI is InChI=1S/C10H15BrN2O/c1-3-10(2,7-14)13-9-8(11)5-4-6-12-9/h4-6,14H,3,7H2,1-2H3,(H,12,13). The number of hydrogen-bond acceptors (Lipinski definition) is 3. The van der Waals surface area contributed by atoms with E-state index in [2.05, 4.69) is 26.2 Å². The second-order valence-electron chi connectivity index (χ2n) is 3.53. The van der Waals surface area contributed by atoms with Gasteiger partial charge in [-0.15, -0.1) is 0 Å². The third kappa shape index (κ3) is 2.69. The predicted molar refractivity (Wildman–Crippen MR) is 61.3 cm³/mol. The van der Waals surface area contributed by atoms with Crippen molar-refractivity contribution in [2.45, 2.75) is 25.8 Å². The molecular formula is C10H15BrN2O. The van der Waals surface area contributed by atoms with Crippen LogP contribution in [0.25, 0.3) is 0 Å². The highest BCUT2D eigenvalue weighted by atomic mass is 79.9. The van der Waals surface area contributed by atoms with E-state index in [-0.39, 0.29) is 12.1 Å². The van der Waals surface area contributed by atoms with E-state index in [0.717, 1.165) is 16.7 Å². The third-order valence-corrected chi connectivity index (χ3v) is 2.95. The molecule has 3 nitrogen and oxygen atoms in total. The summed E-state index contributed by atoms with van der Waals surface area (Å²) in [4.78, 5) is 4.19. The number of nitrogens with one attached hydrogen (secondary N) is 1. The molecule has 78 valence electrons. The second-order valence-corrected chi connectivity index (χ2v) is 4.39. The van der Waals surface area contributed by atoms with Gasteiger partial charge >= 0.3 is 0 Å². The largest absolute Gasteiger partial charge is 0.394 e. The quantitative estimate of drug-likeness (QED) is 0.872. The molecule has 14 heavy (non-hydrogen) atoms. The minimum absolute atomic E-state index is 0.0898. The van der Waals surface area contributed by atoms with Crippen LogP contribution < -0.4 is 5.32 Å². The topological polar surface area (TPSA) is 45.1 Å². The summed E-state index contributed by atoms with van der Waals surface area (Å²) in [6.45, 7) is 4.08. The van der Waals surface area contributed by atoms with Crippen molar-refractivity contribution in [2.24, 2.45) is 0 Å². The molecule has 0 aliphatic rings. The summed E-state index contributed by atoms with van der Waals surface area (Å²) < 4.78 is 0.910. The minimum atomic E-state index is -0.309. The maximum Gasteiger partial charge on any atom is 0.140 e. The molecule has 0 aromatic carbocycles. The number of aromatic nitrogens is 1. The van der Waals surface area contributed by atoms with Crippen LogP contribution in [0, 0.1) is 0 Å². The molecule has 0 aliphatic carbocycles. The smallest absolute Gasteiger partial charge is 0.140 e. The normalized spacial score (nSPS) is 14.9. The number of halogens is 1. The average Bonchev–Trinajstić information content (AvgIpc) is 2.21. The molecule has 1 aromatic heterocycles. The van der Waals surface area contributed by atoms with Gasteiger partial charge in [0.2, 0.25) is 0 Å². The number of nitrogens with zero attached hydrogens (tertiary/aromatic N) is 1. The zero-order chi connectivity index (χ0) is 10.6. The van der Waals surface area contributed by atoms with E-state index in [4.69, 9.17) is 0 Å². The Kier molecular flexibility index (Phi) is 3.89. The minimum Gasteiger partial charge on any atom is -0.394 e. The van der Waals surface area contributed by atoms with Crippen molar-refractivity contribution in [3.8, 4) is 0 Å². The molecule has 0 saturated carbocycles. The molecule has 0 saturated heterocycles. The Morgan fingerprint density at radius 2 is 2.36 bits per heavy atom. The fourth-order valence-corrected chi connectivity index (χ4v) is 1.36. The first-order chi connectivity index (χ1) is 6.61. The van der Waals surface area contributed by atoms with E-state index in [0.29, 0.717) is 0 Å². The number of aliphatic hydroxyl groups excluding tert-OH is 1. The lowest BCUT2D eigenvalue weighted by Crippen LogP contribution is -2.38. The van der Waals surface area contributed by atoms with E-state index in [1.54, 1.807) is 6.20 Å². The molecule has 0 bridgehead atoms. The highest BCUT2D eigenvalue weighted by Crippen LogP contribution is 2.23. The monoisotopic (exact) mass is 258 g/mol. The Labute approximate surface area is 92.7 Å². The van der Waals surface area contributed by atoms with Gasteiger partial charge in [-0.1, -0.05) is 6.92 Å². The highest BCUT2D eigenvalue weighted by molar-refractivity contribution is 9.10. The van der Waals surface area contributed by atoms with Crippen molar-refractivity contribution < 1.29 is 5.11 Å². The van der Waals surface area contributed by atoms with Gasteiger partial charge in [0.25, 0.3) is 0 Å². The Balaban J connectivity index is 2.82. The van der Waals surface area contributed by atoms with Crippen molar-refractivity contribution in [2.75, 3.05) is 11.9 Å². The molecule has 1 heterocycles. The molecule has 1 atom stereocenters. The van der Waals surface area contributed by atoms with E-state index >= 15 is 0 Å². The maximum absolute atomic E-state index is 9.23. The van der Waals surface area contributed by atoms with Gasteiger partial charge in [0.05, 0.1) is 16.6 Å². The number of aliphatic hydroxyl groups is 1. The van der Waals surface area contributed by atoms with Gasteiger partial charge in [0, 0.05) is 6.20 Å². The summed E-state index contributed by atoms with van der Waals surface area (Å²) in [5, 5.41) is 12.4. The van der Waals surface area contributed by atoms with Crippen LogP contribution in [-0.2, 0) is 0 Å². The van der Waals surface area contributed by atoms with E-state index < -0.39 is 0 Å². The van der Waals surface area contributed by atoms with Crippen LogP contribution in [0.5, 0.6) is 0 Å². The Hall–Kier alpha value is -0.610. The van der Waals surface area contributed by atoms with Crippen molar-refractivity contribution in [1.82, 2.24) is 4.98 Å². The van der Waals surface area contributed by atoms with Crippen LogP contribution in [0.3, 0.4) is 0 Å². The van der Waals surface area contributed by atoms with Gasteiger partial charge in [0.15, 0.2) is 0 Å². The van der Waals surface area contributed by atoms with E-state index in [9.17, 15) is 5.11 Å². The summed E-state index contributed by atoms with van der Waals surface area (Å²) >= 11 is 3.40. The van der Waals surface area contributed by atoms with Gasteiger partial charge in [-0.05, 0) is 41.4 Å². The lowest BCUT2D eigenvalue weighted by Gasteiger charge is -2.28. The fourth-order valence-electron chi connectivity index (χ4n) is 1.00. The Morgan fingerprint density at radius 1 is 1.64 bits per heavy atom. The van der Waals surface area contributed by atoms with Crippen LogP contribution in [0.15, 0.2) is 22.8 Å². The van der Waals surface area contributed by atoms with Crippen LogP contribution in [-0.4, -0.2) is 22.2 Å². The first-order valence-corrected chi connectivity index (χ1v) is 5.40. The predicted octanol–water partition coefficient (Wildman–Crippen LogP) is 2.42. The first kappa shape index (κ1) is 11.5. The van der Waals surface area contributed by atoms with Crippen LogP contribution in [0.2, 0.25) is 0 Å². The lowest BCUT2D eigenvalue weighted by atomic mass is 10.0. The van der Waals surface area contributed by atoms with E-state index in [1.165, 1.54) is 0 Å². The van der Waals surface area contributed by atoms with Crippen LogP contribution in [0.1, 0.15) is 20.3 Å². The summed E-state index contributed by atoms with van der Waals surface area (Å²) in [6, 6.07) is 3.78. The van der Waals surface area contributed by atoms with Crippen molar-refractivity contribution in [3.63, 3.8) is 0 Å². The molecule has 4 heteroatoms. The van der Waals surface area contributed by atoms with Gasteiger partial charge in [-0.3, -0.25) is 0 Å². The fraction of sp³-hybridized carbons (Fsp3) is 0.500. The Bertz CT molecular complexity index is 300. The summed E-state index contributed by atoms with van der Waals surface area (Å²) in [5.41, 5.74) is -0.309. The highest BCUT2D eigenvalue weighted by Gasteiger charge is 2.21. The van der Waals surface area contributed by atoms with Crippen molar-refractivity contribution in [1.29, 1.82) is 0 Å². The number of rotatable bonds is 4. The molecule has 0 spiro atoms. The number of anilines is 1. The molecule has 1 unspecified atom stereocenters. The summed E-state index contributed by atoms with van der Waals surface area (Å²) in [5.74, 6) is 0.769.